The Balaban J connectivity index is 2.41. The van der Waals surface area contributed by atoms with Crippen molar-refractivity contribution in [2.24, 2.45) is 0 Å². The molecule has 0 fully saturated rings. The van der Waals surface area contributed by atoms with Crippen molar-refractivity contribution < 1.29 is 16.8 Å². The van der Waals surface area contributed by atoms with E-state index in [2.05, 4.69) is 4.72 Å². The average Bonchev–Trinajstić information content (AvgIpc) is 2.36. The Labute approximate surface area is 138 Å². The number of anilines is 1. The van der Waals surface area contributed by atoms with Crippen molar-refractivity contribution in [1.82, 2.24) is 0 Å². The zero-order chi connectivity index (χ0) is 16.5. The Kier molecular flexibility index (Phi) is 4.72. The maximum Gasteiger partial charge on any atom is 0.261 e. The zero-order valence-electron chi connectivity index (χ0n) is 11.2. The number of sulfonamides is 1. The third-order valence-corrected chi connectivity index (χ3v) is 5.57. The van der Waals surface area contributed by atoms with Gasteiger partial charge in [0.05, 0.1) is 15.5 Å². The van der Waals surface area contributed by atoms with Crippen LogP contribution in [0.2, 0.25) is 10.0 Å². The molecule has 0 saturated carbocycles. The second kappa shape index (κ2) is 6.08. The summed E-state index contributed by atoms with van der Waals surface area (Å²) in [6.45, 7) is 0. The van der Waals surface area contributed by atoms with E-state index in [1.165, 1.54) is 42.5 Å². The van der Waals surface area contributed by atoms with Crippen LogP contribution in [0.5, 0.6) is 0 Å². The normalized spacial score (nSPS) is 12.1. The fourth-order valence-electron chi connectivity index (χ4n) is 1.69. The van der Waals surface area contributed by atoms with Crippen molar-refractivity contribution >= 4 is 48.7 Å². The average molecular weight is 380 g/mol. The molecule has 2 aromatic carbocycles. The van der Waals surface area contributed by atoms with Crippen LogP contribution in [0.4, 0.5) is 5.69 Å². The number of sulfone groups is 1. The van der Waals surface area contributed by atoms with Crippen LogP contribution in [0.3, 0.4) is 0 Å². The van der Waals surface area contributed by atoms with Crippen molar-refractivity contribution in [2.45, 2.75) is 9.79 Å². The molecule has 0 aliphatic carbocycles. The number of nitrogens with one attached hydrogen (secondary N) is 1. The predicted octanol–water partition coefficient (Wildman–Crippen LogP) is 3.20. The summed E-state index contributed by atoms with van der Waals surface area (Å²) >= 11 is 11.6. The number of rotatable bonds is 4. The van der Waals surface area contributed by atoms with Crippen molar-refractivity contribution in [3.05, 3.63) is 52.5 Å². The van der Waals surface area contributed by atoms with Crippen molar-refractivity contribution in [3.63, 3.8) is 0 Å². The minimum Gasteiger partial charge on any atom is -0.280 e. The van der Waals surface area contributed by atoms with E-state index in [9.17, 15) is 16.8 Å². The monoisotopic (exact) mass is 379 g/mol. The molecule has 9 heteroatoms. The van der Waals surface area contributed by atoms with Crippen LogP contribution in [0.25, 0.3) is 0 Å². The molecule has 0 bridgehead atoms. The number of hydrogen-bond acceptors (Lipinski definition) is 4. The Morgan fingerprint density at radius 1 is 0.864 bits per heavy atom. The topological polar surface area (TPSA) is 80.3 Å². The quantitative estimate of drug-likeness (QED) is 0.884. The second-order valence-electron chi connectivity index (χ2n) is 4.51. The molecule has 1 N–H and O–H groups in total. The van der Waals surface area contributed by atoms with Crippen LogP contribution in [0.15, 0.2) is 52.3 Å². The lowest BCUT2D eigenvalue weighted by molar-refractivity contribution is 0.599. The molecule has 2 rings (SSSR count). The van der Waals surface area contributed by atoms with E-state index >= 15 is 0 Å². The van der Waals surface area contributed by atoms with Crippen molar-refractivity contribution in [3.8, 4) is 0 Å². The molecule has 0 aliphatic heterocycles. The van der Waals surface area contributed by atoms with E-state index in [1.807, 2.05) is 0 Å². The van der Waals surface area contributed by atoms with Crippen LogP contribution in [0, 0.1) is 0 Å². The van der Waals surface area contributed by atoms with Gasteiger partial charge in [0, 0.05) is 16.3 Å². The highest BCUT2D eigenvalue weighted by Gasteiger charge is 2.17. The summed E-state index contributed by atoms with van der Waals surface area (Å²) < 4.78 is 49.9. The molecule has 0 saturated heterocycles. The molecule has 5 nitrogen and oxygen atoms in total. The molecule has 0 radical (unpaired) electrons. The Morgan fingerprint density at radius 3 is 2.00 bits per heavy atom. The SMILES string of the molecule is CS(=O)(=O)c1cccc(NS(=O)(=O)c2cc(Cl)cc(Cl)c2)c1. The van der Waals surface area contributed by atoms with Gasteiger partial charge in [-0.1, -0.05) is 29.3 Å². The first kappa shape index (κ1) is 17.1. The smallest absolute Gasteiger partial charge is 0.261 e. The van der Waals surface area contributed by atoms with Gasteiger partial charge in [-0.25, -0.2) is 16.8 Å². The van der Waals surface area contributed by atoms with Gasteiger partial charge in [-0.2, -0.15) is 0 Å². The number of benzene rings is 2. The first-order valence-electron chi connectivity index (χ1n) is 5.87. The van der Waals surface area contributed by atoms with E-state index in [4.69, 9.17) is 23.2 Å². The summed E-state index contributed by atoms with van der Waals surface area (Å²) in [5.74, 6) is 0. The van der Waals surface area contributed by atoms with Gasteiger partial charge < -0.3 is 0 Å². The Morgan fingerprint density at radius 2 is 1.45 bits per heavy atom. The van der Waals surface area contributed by atoms with E-state index in [0.717, 1.165) is 6.26 Å². The van der Waals surface area contributed by atoms with Gasteiger partial charge in [0.15, 0.2) is 9.84 Å². The number of hydrogen-bond donors (Lipinski definition) is 1. The highest BCUT2D eigenvalue weighted by atomic mass is 35.5. The molecular formula is C13H11Cl2NO4S2. The summed E-state index contributed by atoms with van der Waals surface area (Å²) in [5.41, 5.74) is 0.124. The van der Waals surface area contributed by atoms with E-state index in [1.54, 1.807) is 0 Å². The summed E-state index contributed by atoms with van der Waals surface area (Å²) in [6.07, 6.45) is 1.04. The van der Waals surface area contributed by atoms with Crippen LogP contribution in [-0.4, -0.2) is 23.1 Å². The highest BCUT2D eigenvalue weighted by Crippen LogP contribution is 2.25. The molecule has 2 aromatic rings. The molecule has 0 amide bonds. The second-order valence-corrected chi connectivity index (χ2v) is 9.08. The van der Waals surface area contributed by atoms with Crippen molar-refractivity contribution in [2.75, 3.05) is 11.0 Å². The molecule has 118 valence electrons. The molecule has 0 atom stereocenters. The first-order chi connectivity index (χ1) is 10.1. The first-order valence-corrected chi connectivity index (χ1v) is 10.00. The van der Waals surface area contributed by atoms with Gasteiger partial charge in [-0.3, -0.25) is 4.72 Å². The highest BCUT2D eigenvalue weighted by molar-refractivity contribution is 7.92. The standard InChI is InChI=1S/C13H11Cl2NO4S2/c1-21(17,18)12-4-2-3-11(8-12)16-22(19,20)13-6-9(14)5-10(15)7-13/h2-8,16H,1H3. The zero-order valence-corrected chi connectivity index (χ0v) is 14.4. The summed E-state index contributed by atoms with van der Waals surface area (Å²) in [4.78, 5) is -0.105. The van der Waals surface area contributed by atoms with E-state index < -0.39 is 19.9 Å². The molecule has 0 aliphatic rings. The molecule has 22 heavy (non-hydrogen) atoms. The maximum atomic E-state index is 12.3. The Hall–Kier alpha value is -1.28. The van der Waals surface area contributed by atoms with Crippen LogP contribution in [0.1, 0.15) is 0 Å². The van der Waals surface area contributed by atoms with Crippen molar-refractivity contribution in [1.29, 1.82) is 0 Å². The van der Waals surface area contributed by atoms with Gasteiger partial charge >= 0.3 is 0 Å². The predicted molar refractivity (Wildman–Crippen MR) is 86.8 cm³/mol. The number of halogens is 2. The summed E-state index contributed by atoms with van der Waals surface area (Å²) in [6, 6.07) is 9.40. The van der Waals surface area contributed by atoms with Gasteiger partial charge in [-0.05, 0) is 36.4 Å². The minimum atomic E-state index is -3.93. The molecule has 0 unspecified atom stereocenters. The maximum absolute atomic E-state index is 12.3. The van der Waals surface area contributed by atoms with Gasteiger partial charge in [0.2, 0.25) is 0 Å². The van der Waals surface area contributed by atoms with Gasteiger partial charge in [0.25, 0.3) is 10.0 Å². The fraction of sp³-hybridized carbons (Fsp3) is 0.0769. The lowest BCUT2D eigenvalue weighted by atomic mass is 10.3. The molecule has 0 heterocycles. The minimum absolute atomic E-state index is 0.0110. The largest absolute Gasteiger partial charge is 0.280 e. The van der Waals surface area contributed by atoms with Crippen LogP contribution in [-0.2, 0) is 19.9 Å². The molecule has 0 aromatic heterocycles. The van der Waals surface area contributed by atoms with Crippen LogP contribution >= 0.6 is 23.2 Å². The molecule has 0 spiro atoms. The van der Waals surface area contributed by atoms with Gasteiger partial charge in [0.1, 0.15) is 0 Å². The summed E-state index contributed by atoms with van der Waals surface area (Å²) in [7, 11) is -7.37. The summed E-state index contributed by atoms with van der Waals surface area (Å²) in [5, 5.41) is 0.357. The lowest BCUT2D eigenvalue weighted by Gasteiger charge is -2.10. The fourth-order valence-corrected chi connectivity index (χ4v) is 4.13. The van der Waals surface area contributed by atoms with Crippen LogP contribution < -0.4 is 4.72 Å². The third-order valence-electron chi connectivity index (χ3n) is 2.66. The van der Waals surface area contributed by atoms with E-state index in [0.29, 0.717) is 0 Å². The van der Waals surface area contributed by atoms with E-state index in [-0.39, 0.29) is 25.5 Å². The lowest BCUT2D eigenvalue weighted by Crippen LogP contribution is -2.13. The van der Waals surface area contributed by atoms with Gasteiger partial charge in [-0.15, -0.1) is 0 Å². The third kappa shape index (κ3) is 4.13. The Bertz CT molecular complexity index is 905. The molecular weight excluding hydrogens is 369 g/mol.